The number of carbonyl (C=O) groups is 1. The molecule has 2 aliphatic rings. The van der Waals surface area contributed by atoms with Crippen LogP contribution in [0.25, 0.3) is 0 Å². The van der Waals surface area contributed by atoms with Gasteiger partial charge in [-0.2, -0.15) is 0 Å². The average molecular weight is 254 g/mol. The van der Waals surface area contributed by atoms with Crippen LogP contribution in [0, 0.1) is 5.92 Å². The molecular formula is C14H26N2O2. The average Bonchev–Trinajstić information content (AvgIpc) is 2.87. The summed E-state index contributed by atoms with van der Waals surface area (Å²) in [5.74, 6) is 0.280. The highest BCUT2D eigenvalue weighted by Gasteiger charge is 2.36. The van der Waals surface area contributed by atoms with Gasteiger partial charge in [-0.3, -0.25) is 4.79 Å². The second kappa shape index (κ2) is 6.53. The number of rotatable bonds is 4. The Morgan fingerprint density at radius 2 is 2.00 bits per heavy atom. The molecule has 2 atom stereocenters. The number of hydrogen-bond acceptors (Lipinski definition) is 3. The molecule has 0 spiro atoms. The lowest BCUT2D eigenvalue weighted by Gasteiger charge is -2.33. The van der Waals surface area contributed by atoms with Crippen molar-refractivity contribution in [3.05, 3.63) is 0 Å². The number of carbonyl (C=O) groups excluding carboxylic acids is 1. The van der Waals surface area contributed by atoms with Crippen LogP contribution in [0.15, 0.2) is 0 Å². The summed E-state index contributed by atoms with van der Waals surface area (Å²) in [4.78, 5) is 14.5. The lowest BCUT2D eigenvalue weighted by Crippen LogP contribution is -2.48. The van der Waals surface area contributed by atoms with E-state index in [2.05, 4.69) is 12.2 Å². The summed E-state index contributed by atoms with van der Waals surface area (Å²) in [6.07, 6.45) is 6.19. The van der Waals surface area contributed by atoms with Gasteiger partial charge in [0.1, 0.15) is 0 Å². The predicted octanol–water partition coefficient (Wildman–Crippen LogP) is 1.40. The van der Waals surface area contributed by atoms with Crippen LogP contribution in [-0.4, -0.2) is 49.7 Å². The van der Waals surface area contributed by atoms with Gasteiger partial charge in [0.15, 0.2) is 0 Å². The Labute approximate surface area is 110 Å². The first-order valence-electron chi connectivity index (χ1n) is 7.31. The van der Waals surface area contributed by atoms with Crippen LogP contribution in [-0.2, 0) is 9.53 Å². The molecule has 0 aromatic carbocycles. The Hall–Kier alpha value is -0.610. The van der Waals surface area contributed by atoms with Crippen LogP contribution >= 0.6 is 0 Å². The van der Waals surface area contributed by atoms with Gasteiger partial charge in [-0.25, -0.2) is 0 Å². The van der Waals surface area contributed by atoms with E-state index in [9.17, 15) is 4.79 Å². The van der Waals surface area contributed by atoms with E-state index in [0.717, 1.165) is 6.54 Å². The topological polar surface area (TPSA) is 41.6 Å². The highest BCUT2D eigenvalue weighted by molar-refractivity contribution is 5.80. The Kier molecular flexibility index (Phi) is 5.01. The molecule has 2 unspecified atom stereocenters. The first kappa shape index (κ1) is 13.8. The predicted molar refractivity (Wildman–Crippen MR) is 71.4 cm³/mol. The van der Waals surface area contributed by atoms with Crippen molar-refractivity contribution in [1.29, 1.82) is 0 Å². The summed E-state index contributed by atoms with van der Waals surface area (Å²) in [7, 11) is 1.97. The Bertz CT molecular complexity index is 277. The maximum absolute atomic E-state index is 12.5. The fourth-order valence-corrected chi connectivity index (χ4v) is 3.17. The van der Waals surface area contributed by atoms with E-state index in [1.807, 2.05) is 11.9 Å². The molecule has 1 heterocycles. The van der Waals surface area contributed by atoms with E-state index >= 15 is 0 Å². The van der Waals surface area contributed by atoms with E-state index in [1.165, 1.54) is 32.1 Å². The molecule has 2 rings (SSSR count). The second-order valence-electron chi connectivity index (χ2n) is 5.55. The fourth-order valence-electron chi connectivity index (χ4n) is 3.17. The smallest absolute Gasteiger partial charge is 0.229 e. The number of amides is 1. The van der Waals surface area contributed by atoms with Crippen LogP contribution in [0.5, 0.6) is 0 Å². The highest BCUT2D eigenvalue weighted by Crippen LogP contribution is 2.24. The van der Waals surface area contributed by atoms with Gasteiger partial charge in [0.05, 0.1) is 19.1 Å². The van der Waals surface area contributed by atoms with Gasteiger partial charge >= 0.3 is 0 Å². The summed E-state index contributed by atoms with van der Waals surface area (Å²) in [6.45, 7) is 4.21. The van der Waals surface area contributed by atoms with Crippen molar-refractivity contribution in [2.24, 2.45) is 5.92 Å². The van der Waals surface area contributed by atoms with Gasteiger partial charge in [-0.1, -0.05) is 26.2 Å². The zero-order chi connectivity index (χ0) is 13.0. The molecule has 0 aromatic heterocycles. The molecule has 1 saturated carbocycles. The Morgan fingerprint density at radius 3 is 2.67 bits per heavy atom. The molecular weight excluding hydrogens is 228 g/mol. The van der Waals surface area contributed by atoms with E-state index < -0.39 is 0 Å². The maximum Gasteiger partial charge on any atom is 0.229 e. The molecule has 0 bridgehead atoms. The van der Waals surface area contributed by atoms with E-state index in [4.69, 9.17) is 4.74 Å². The monoisotopic (exact) mass is 254 g/mol. The number of nitrogens with one attached hydrogen (secondary N) is 1. The van der Waals surface area contributed by atoms with Crippen molar-refractivity contribution in [1.82, 2.24) is 10.2 Å². The van der Waals surface area contributed by atoms with Crippen molar-refractivity contribution in [2.75, 3.05) is 26.8 Å². The third-order valence-corrected chi connectivity index (χ3v) is 4.33. The molecule has 4 nitrogen and oxygen atoms in total. The van der Waals surface area contributed by atoms with Crippen molar-refractivity contribution in [2.45, 2.75) is 51.1 Å². The van der Waals surface area contributed by atoms with Crippen LogP contribution in [0.2, 0.25) is 0 Å². The summed E-state index contributed by atoms with van der Waals surface area (Å²) in [6, 6.07) is 0.655. The standard InChI is InChI=1S/C14H26N2O2/c1-3-15-13-10-18-9-12(13)14(17)16(2)11-7-5-4-6-8-11/h11-13,15H,3-10H2,1-2H3. The summed E-state index contributed by atoms with van der Waals surface area (Å²) >= 11 is 0. The molecule has 18 heavy (non-hydrogen) atoms. The van der Waals surface area contributed by atoms with Gasteiger partial charge < -0.3 is 15.0 Å². The summed E-state index contributed by atoms with van der Waals surface area (Å²) in [5.41, 5.74) is 0. The Balaban J connectivity index is 1.92. The minimum Gasteiger partial charge on any atom is -0.379 e. The number of nitrogens with zero attached hydrogens (tertiary/aromatic N) is 1. The number of likely N-dealkylation sites (N-methyl/N-ethyl adjacent to an activating group) is 1. The SMILES string of the molecule is CCNC1COCC1C(=O)N(C)C1CCCCC1. The van der Waals surface area contributed by atoms with E-state index in [1.54, 1.807) is 0 Å². The summed E-state index contributed by atoms with van der Waals surface area (Å²) < 4.78 is 5.47. The number of hydrogen-bond donors (Lipinski definition) is 1. The maximum atomic E-state index is 12.5. The van der Waals surface area contributed by atoms with E-state index in [0.29, 0.717) is 19.3 Å². The van der Waals surface area contributed by atoms with Gasteiger partial charge in [-0.05, 0) is 19.4 Å². The van der Waals surface area contributed by atoms with Gasteiger partial charge in [0.25, 0.3) is 0 Å². The van der Waals surface area contributed by atoms with Gasteiger partial charge in [-0.15, -0.1) is 0 Å². The molecule has 4 heteroatoms. The zero-order valence-corrected chi connectivity index (χ0v) is 11.7. The third-order valence-electron chi connectivity index (χ3n) is 4.33. The first-order chi connectivity index (χ1) is 8.74. The highest BCUT2D eigenvalue weighted by atomic mass is 16.5. The van der Waals surface area contributed by atoms with Crippen molar-refractivity contribution < 1.29 is 9.53 Å². The lowest BCUT2D eigenvalue weighted by atomic mass is 9.93. The Morgan fingerprint density at radius 1 is 1.28 bits per heavy atom. The van der Waals surface area contributed by atoms with Crippen molar-refractivity contribution >= 4 is 5.91 Å². The quantitative estimate of drug-likeness (QED) is 0.824. The molecule has 1 aliphatic carbocycles. The molecule has 1 N–H and O–H groups in total. The molecule has 1 aliphatic heterocycles. The third kappa shape index (κ3) is 3.04. The molecule has 0 radical (unpaired) electrons. The molecule has 104 valence electrons. The van der Waals surface area contributed by atoms with E-state index in [-0.39, 0.29) is 17.9 Å². The van der Waals surface area contributed by atoms with Crippen LogP contribution in [0.4, 0.5) is 0 Å². The van der Waals surface area contributed by atoms with Crippen LogP contribution in [0.1, 0.15) is 39.0 Å². The fraction of sp³-hybridized carbons (Fsp3) is 0.929. The largest absolute Gasteiger partial charge is 0.379 e. The summed E-state index contributed by atoms with van der Waals surface area (Å²) in [5, 5.41) is 3.36. The van der Waals surface area contributed by atoms with Crippen molar-refractivity contribution in [3.63, 3.8) is 0 Å². The van der Waals surface area contributed by atoms with Crippen LogP contribution in [0.3, 0.4) is 0 Å². The minimum absolute atomic E-state index is 0.0110. The second-order valence-corrected chi connectivity index (χ2v) is 5.55. The molecule has 0 aromatic rings. The van der Waals surface area contributed by atoms with Gasteiger partial charge in [0, 0.05) is 19.1 Å². The van der Waals surface area contributed by atoms with Gasteiger partial charge in [0.2, 0.25) is 5.91 Å². The van der Waals surface area contributed by atoms with Crippen LogP contribution < -0.4 is 5.32 Å². The lowest BCUT2D eigenvalue weighted by molar-refractivity contribution is -0.137. The zero-order valence-electron chi connectivity index (χ0n) is 11.7. The molecule has 2 fully saturated rings. The molecule has 1 saturated heterocycles. The first-order valence-corrected chi connectivity index (χ1v) is 7.31. The minimum atomic E-state index is 0.0110. The molecule has 1 amide bonds. The number of ether oxygens (including phenoxy) is 1. The van der Waals surface area contributed by atoms with Crippen molar-refractivity contribution in [3.8, 4) is 0 Å². The normalized spacial score (nSPS) is 29.4.